The highest BCUT2D eigenvalue weighted by Crippen LogP contribution is 2.32. The predicted octanol–water partition coefficient (Wildman–Crippen LogP) is 15.5. The second-order valence-corrected chi connectivity index (χ2v) is 21.1. The van der Waals surface area contributed by atoms with E-state index in [4.69, 9.17) is 0 Å². The van der Waals surface area contributed by atoms with Gasteiger partial charge in [0.05, 0.1) is 22.6 Å². The number of benzene rings is 8. The van der Waals surface area contributed by atoms with Crippen LogP contribution in [0.25, 0.3) is 44.1 Å². The maximum Gasteiger partial charge on any atom is 0.336 e. The molecule has 80 heavy (non-hydrogen) atoms. The fourth-order valence-corrected chi connectivity index (χ4v) is 10.5. The van der Waals surface area contributed by atoms with Gasteiger partial charge in [-0.05, 0) is 159 Å². The predicted molar refractivity (Wildman–Crippen MR) is 321 cm³/mol. The van der Waals surface area contributed by atoms with Gasteiger partial charge in [-0.1, -0.05) is 131 Å². The highest BCUT2D eigenvalue weighted by molar-refractivity contribution is 9.10. The zero-order valence-electron chi connectivity index (χ0n) is 45.5. The lowest BCUT2D eigenvalue weighted by atomic mass is 9.97. The van der Waals surface area contributed by atoms with Crippen LogP contribution in [-0.2, 0) is 13.1 Å². The molecule has 10 aromatic rings. The molecule has 0 bridgehead atoms. The van der Waals surface area contributed by atoms with Crippen molar-refractivity contribution in [1.29, 1.82) is 0 Å². The topological polar surface area (TPSA) is 166 Å². The Morgan fingerprint density at radius 3 is 1.36 bits per heavy atom. The van der Waals surface area contributed by atoms with Crippen LogP contribution in [0.3, 0.4) is 0 Å². The number of nitro groups is 1. The summed E-state index contributed by atoms with van der Waals surface area (Å²) in [6.07, 6.45) is 0. The standard InChI is InChI=1S/C34H31N3O4.C33H29BrN2O3/c1-21-23(3)36(20-25-9-11-27(12-10-25)31-8-6-5-7-30(31)24(4)38)33-18-15-28(19-32(21)33)34(39)35-22(2)26-13-16-29(17-14-26)37(40)41;1-20-22(3)36(19-23-8-10-25(11-9-23)28-6-4-5-7-29(28)33(38)39)31-17-14-26(18-30(20)31)32(37)35-21(2)24-12-15-27(34)16-13-24/h5-19,22H,20H2,1-4H3,(H,35,39);4-18,21H,19H2,1-3H3,(H,35,37)(H,38,39)/t22-;21-/m00/s1. The number of carboxylic acid groups (broad SMARTS) is 1. The first-order valence-electron chi connectivity index (χ1n) is 26.3. The van der Waals surface area contributed by atoms with E-state index in [2.05, 4.69) is 87.7 Å². The largest absolute Gasteiger partial charge is 0.478 e. The highest BCUT2D eigenvalue weighted by atomic mass is 79.9. The van der Waals surface area contributed by atoms with Gasteiger partial charge in [0, 0.05) is 79.6 Å². The van der Waals surface area contributed by atoms with E-state index < -0.39 is 10.9 Å². The molecule has 0 fully saturated rings. The van der Waals surface area contributed by atoms with Crippen molar-refractivity contribution in [3.05, 3.63) is 264 Å². The van der Waals surface area contributed by atoms with Gasteiger partial charge < -0.3 is 24.9 Å². The zero-order valence-corrected chi connectivity index (χ0v) is 47.1. The molecule has 0 aliphatic heterocycles. The SMILES string of the molecule is CC(=O)c1ccccc1-c1ccc(Cn2c(C)c(C)c3cc(C(=O)N[C@@H](C)c4ccc([N+](=O)[O-])cc4)ccc32)cc1.Cc1c(C)n(Cc2ccc(-c3ccccc3C(=O)O)cc2)c2ccc(C(=O)N[C@@H](C)c3ccc(Br)cc3)cc12. The van der Waals surface area contributed by atoms with Crippen molar-refractivity contribution in [2.45, 2.75) is 73.6 Å². The molecule has 0 saturated carbocycles. The van der Waals surface area contributed by atoms with Crippen molar-refractivity contribution in [3.8, 4) is 22.3 Å². The number of rotatable bonds is 15. The molecule has 8 aromatic carbocycles. The number of ketones is 1. The molecular formula is C67H60BrN5O7. The molecule has 0 aliphatic carbocycles. The van der Waals surface area contributed by atoms with Crippen LogP contribution in [0.2, 0.25) is 0 Å². The summed E-state index contributed by atoms with van der Waals surface area (Å²) in [5, 5.41) is 28.7. The lowest BCUT2D eigenvalue weighted by Gasteiger charge is -2.15. The number of aromatic carboxylic acids is 1. The van der Waals surface area contributed by atoms with Crippen LogP contribution in [-0.4, -0.2) is 42.7 Å². The van der Waals surface area contributed by atoms with Crippen LogP contribution in [0.4, 0.5) is 5.69 Å². The maximum absolute atomic E-state index is 13.1. The number of carbonyl (C=O) groups is 4. The van der Waals surface area contributed by atoms with Crippen LogP contribution in [0.15, 0.2) is 186 Å². The number of nitrogens with zero attached hydrogens (tertiary/aromatic N) is 3. The molecule has 0 unspecified atom stereocenters. The fourth-order valence-electron chi connectivity index (χ4n) is 10.3. The van der Waals surface area contributed by atoms with Gasteiger partial charge >= 0.3 is 5.97 Å². The summed E-state index contributed by atoms with van der Waals surface area (Å²) in [7, 11) is 0. The molecule has 2 amide bonds. The lowest BCUT2D eigenvalue weighted by Crippen LogP contribution is -2.26. The number of halogens is 1. The van der Waals surface area contributed by atoms with E-state index in [1.165, 1.54) is 12.1 Å². The smallest absolute Gasteiger partial charge is 0.336 e. The number of non-ortho nitro benzene ring substituents is 1. The average Bonchev–Trinajstić information content (AvgIpc) is 3.91. The van der Waals surface area contributed by atoms with Crippen molar-refractivity contribution in [2.75, 3.05) is 0 Å². The maximum atomic E-state index is 13.1. The third-order valence-corrected chi connectivity index (χ3v) is 15.7. The molecule has 2 atom stereocenters. The lowest BCUT2D eigenvalue weighted by molar-refractivity contribution is -0.384. The van der Waals surface area contributed by atoms with E-state index in [1.54, 1.807) is 31.2 Å². The number of fused-ring (bicyclic) bond motifs is 2. The van der Waals surface area contributed by atoms with Crippen molar-refractivity contribution in [1.82, 2.24) is 19.8 Å². The Hall–Kier alpha value is -9.20. The molecule has 2 heterocycles. The van der Waals surface area contributed by atoms with Gasteiger partial charge in [0.25, 0.3) is 17.5 Å². The van der Waals surface area contributed by atoms with Gasteiger partial charge in [-0.2, -0.15) is 0 Å². The van der Waals surface area contributed by atoms with Crippen LogP contribution >= 0.6 is 15.9 Å². The second kappa shape index (κ2) is 23.8. The van der Waals surface area contributed by atoms with Gasteiger partial charge in [-0.25, -0.2) is 4.79 Å². The first kappa shape index (κ1) is 55.6. The van der Waals surface area contributed by atoms with E-state index in [-0.39, 0.29) is 35.4 Å². The van der Waals surface area contributed by atoms with E-state index in [0.717, 1.165) is 87.7 Å². The van der Waals surface area contributed by atoms with Crippen molar-refractivity contribution in [2.24, 2.45) is 0 Å². The Bertz CT molecular complexity index is 3990. The number of amides is 2. The van der Waals surface area contributed by atoms with E-state index in [9.17, 15) is 34.4 Å². The summed E-state index contributed by atoms with van der Waals surface area (Å²) >= 11 is 3.45. The van der Waals surface area contributed by atoms with Crippen LogP contribution in [0.5, 0.6) is 0 Å². The number of carbonyl (C=O) groups excluding carboxylic acids is 3. The number of carboxylic acids is 1. The summed E-state index contributed by atoms with van der Waals surface area (Å²) in [5.74, 6) is -1.20. The van der Waals surface area contributed by atoms with E-state index in [0.29, 0.717) is 40.9 Å². The number of Topliss-reactive ketones (excluding diaryl/α,β-unsaturated/α-hetero) is 1. The zero-order chi connectivity index (χ0) is 56.9. The molecular weight excluding hydrogens is 1070 g/mol. The average molecular weight is 1130 g/mol. The minimum absolute atomic E-state index is 0.0161. The van der Waals surface area contributed by atoms with Gasteiger partial charge in [0.1, 0.15) is 0 Å². The van der Waals surface area contributed by atoms with Crippen molar-refractivity contribution in [3.63, 3.8) is 0 Å². The van der Waals surface area contributed by atoms with Crippen molar-refractivity contribution < 1.29 is 29.2 Å². The van der Waals surface area contributed by atoms with Gasteiger partial charge in [-0.3, -0.25) is 24.5 Å². The second-order valence-electron chi connectivity index (χ2n) is 20.2. The van der Waals surface area contributed by atoms with Crippen LogP contribution in [0, 0.1) is 37.8 Å². The summed E-state index contributed by atoms with van der Waals surface area (Å²) in [4.78, 5) is 60.4. The molecule has 402 valence electrons. The summed E-state index contributed by atoms with van der Waals surface area (Å²) in [5.41, 5.74) is 16.4. The fraction of sp³-hybridized carbons (Fsp3) is 0.164. The van der Waals surface area contributed by atoms with Crippen LogP contribution < -0.4 is 10.6 Å². The van der Waals surface area contributed by atoms with E-state index in [1.807, 2.05) is 135 Å². The van der Waals surface area contributed by atoms with Crippen molar-refractivity contribution >= 4 is 67.0 Å². The molecule has 0 aliphatic rings. The molecule has 13 heteroatoms. The summed E-state index contributed by atoms with van der Waals surface area (Å²) in [6, 6.07) is 56.4. The minimum Gasteiger partial charge on any atom is -0.478 e. The molecule has 0 saturated heterocycles. The molecule has 12 nitrogen and oxygen atoms in total. The number of nitrogens with one attached hydrogen (secondary N) is 2. The normalized spacial score (nSPS) is 11.8. The quantitative estimate of drug-likeness (QED) is 0.0522. The van der Waals surface area contributed by atoms with Crippen LogP contribution in [0.1, 0.15) is 119 Å². The Morgan fingerprint density at radius 2 is 0.950 bits per heavy atom. The first-order valence-corrected chi connectivity index (χ1v) is 27.1. The number of hydrogen-bond acceptors (Lipinski definition) is 6. The molecule has 2 aromatic heterocycles. The third-order valence-electron chi connectivity index (χ3n) is 15.1. The van der Waals surface area contributed by atoms with E-state index >= 15 is 0 Å². The molecule has 3 N–H and O–H groups in total. The Labute approximate surface area is 473 Å². The summed E-state index contributed by atoms with van der Waals surface area (Å²) in [6.45, 7) is 15.1. The van der Waals surface area contributed by atoms with Gasteiger partial charge in [0.15, 0.2) is 5.78 Å². The third kappa shape index (κ3) is 11.9. The Morgan fingerprint density at radius 1 is 0.550 bits per heavy atom. The minimum atomic E-state index is -0.935. The highest BCUT2D eigenvalue weighted by Gasteiger charge is 2.20. The summed E-state index contributed by atoms with van der Waals surface area (Å²) < 4.78 is 5.52. The first-order chi connectivity index (χ1) is 38.4. The van der Waals surface area contributed by atoms with Gasteiger partial charge in [-0.15, -0.1) is 0 Å². The number of aryl methyl sites for hydroxylation is 2. The molecule has 0 spiro atoms. The number of hydrogen-bond donors (Lipinski definition) is 3. The molecule has 10 rings (SSSR count). The monoisotopic (exact) mass is 1130 g/mol. The Kier molecular flexibility index (Phi) is 16.5. The number of nitro benzene ring substituents is 1. The molecule has 0 radical (unpaired) electrons. The van der Waals surface area contributed by atoms with Gasteiger partial charge in [0.2, 0.25) is 0 Å². The number of aromatic nitrogens is 2. The Balaban J connectivity index is 0.000000194.